The molecule has 0 aromatic heterocycles. The Labute approximate surface area is 125 Å². The SMILES string of the molecule is COc1ccc(S[C@H](C)C(=O)NCCCN(C)C)cc1. The van der Waals surface area contributed by atoms with Gasteiger partial charge >= 0.3 is 0 Å². The smallest absolute Gasteiger partial charge is 0.233 e. The molecule has 5 heteroatoms. The van der Waals surface area contributed by atoms with Gasteiger partial charge in [0.25, 0.3) is 0 Å². The third-order valence-electron chi connectivity index (χ3n) is 2.82. The van der Waals surface area contributed by atoms with Crippen molar-refractivity contribution in [1.82, 2.24) is 10.2 Å². The van der Waals surface area contributed by atoms with Crippen molar-refractivity contribution in [3.05, 3.63) is 24.3 Å². The quantitative estimate of drug-likeness (QED) is 0.590. The molecule has 0 fully saturated rings. The highest BCUT2D eigenvalue weighted by Crippen LogP contribution is 2.25. The second-order valence-corrected chi connectivity index (χ2v) is 6.30. The fraction of sp³-hybridized carbons (Fsp3) is 0.533. The van der Waals surface area contributed by atoms with Crippen LogP contribution in [0.4, 0.5) is 0 Å². The molecule has 0 radical (unpaired) electrons. The van der Waals surface area contributed by atoms with E-state index in [1.54, 1.807) is 18.9 Å². The van der Waals surface area contributed by atoms with Crippen molar-refractivity contribution < 1.29 is 9.53 Å². The van der Waals surface area contributed by atoms with Gasteiger partial charge in [-0.15, -0.1) is 11.8 Å². The largest absolute Gasteiger partial charge is 0.497 e. The number of amides is 1. The lowest BCUT2D eigenvalue weighted by Crippen LogP contribution is -2.32. The van der Waals surface area contributed by atoms with E-state index < -0.39 is 0 Å². The number of nitrogens with zero attached hydrogens (tertiary/aromatic N) is 1. The average Bonchev–Trinajstić information content (AvgIpc) is 2.44. The Bertz CT molecular complexity index is 407. The second kappa shape index (κ2) is 8.87. The lowest BCUT2D eigenvalue weighted by atomic mass is 10.3. The monoisotopic (exact) mass is 296 g/mol. The third kappa shape index (κ3) is 6.30. The molecule has 1 rings (SSSR count). The van der Waals surface area contributed by atoms with E-state index in [1.165, 1.54) is 0 Å². The molecule has 0 aliphatic rings. The van der Waals surface area contributed by atoms with Crippen LogP contribution in [0.3, 0.4) is 0 Å². The third-order valence-corrected chi connectivity index (χ3v) is 3.93. The number of hydrogen-bond donors (Lipinski definition) is 1. The molecule has 0 spiro atoms. The molecule has 0 saturated heterocycles. The highest BCUT2D eigenvalue weighted by atomic mass is 32.2. The second-order valence-electron chi connectivity index (χ2n) is 4.88. The first-order valence-corrected chi connectivity index (χ1v) is 7.64. The predicted molar refractivity (Wildman–Crippen MR) is 84.5 cm³/mol. The van der Waals surface area contributed by atoms with Gasteiger partial charge in [0.1, 0.15) is 5.75 Å². The van der Waals surface area contributed by atoms with Crippen LogP contribution in [0.25, 0.3) is 0 Å². The van der Waals surface area contributed by atoms with Crippen molar-refractivity contribution in [2.75, 3.05) is 34.3 Å². The Morgan fingerprint density at radius 2 is 2.00 bits per heavy atom. The summed E-state index contributed by atoms with van der Waals surface area (Å²) in [4.78, 5) is 15.1. The van der Waals surface area contributed by atoms with E-state index in [0.717, 1.165) is 30.2 Å². The number of carbonyl (C=O) groups is 1. The van der Waals surface area contributed by atoms with Crippen LogP contribution in [0, 0.1) is 0 Å². The maximum absolute atomic E-state index is 11.9. The highest BCUT2D eigenvalue weighted by molar-refractivity contribution is 8.00. The summed E-state index contributed by atoms with van der Waals surface area (Å²) in [6, 6.07) is 7.76. The molecular weight excluding hydrogens is 272 g/mol. The summed E-state index contributed by atoms with van der Waals surface area (Å²) < 4.78 is 5.11. The van der Waals surface area contributed by atoms with Crippen molar-refractivity contribution in [2.24, 2.45) is 0 Å². The maximum atomic E-state index is 11.9. The van der Waals surface area contributed by atoms with Crippen molar-refractivity contribution in [3.8, 4) is 5.75 Å². The molecule has 0 aliphatic carbocycles. The minimum Gasteiger partial charge on any atom is -0.497 e. The molecule has 0 saturated carbocycles. The lowest BCUT2D eigenvalue weighted by molar-refractivity contribution is -0.120. The minimum atomic E-state index is -0.0947. The molecule has 0 bridgehead atoms. The first kappa shape index (κ1) is 16.9. The molecule has 4 nitrogen and oxygen atoms in total. The molecule has 20 heavy (non-hydrogen) atoms. The van der Waals surface area contributed by atoms with Crippen molar-refractivity contribution in [3.63, 3.8) is 0 Å². The molecule has 0 unspecified atom stereocenters. The zero-order valence-electron chi connectivity index (χ0n) is 12.7. The zero-order chi connectivity index (χ0) is 15.0. The Kier molecular flexibility index (Phi) is 7.47. The van der Waals surface area contributed by atoms with Gasteiger partial charge < -0.3 is 15.0 Å². The van der Waals surface area contributed by atoms with E-state index in [4.69, 9.17) is 4.74 Å². The van der Waals surface area contributed by atoms with E-state index in [-0.39, 0.29) is 11.2 Å². The standard InChI is InChI=1S/C15H24N2O2S/c1-12(15(18)16-10-5-11-17(2)3)20-14-8-6-13(19-4)7-9-14/h6-9,12H,5,10-11H2,1-4H3,(H,16,18)/t12-/m1/s1. The van der Waals surface area contributed by atoms with E-state index >= 15 is 0 Å². The maximum Gasteiger partial charge on any atom is 0.233 e. The molecular formula is C15H24N2O2S. The molecule has 1 aromatic carbocycles. The van der Waals surface area contributed by atoms with Crippen LogP contribution < -0.4 is 10.1 Å². The van der Waals surface area contributed by atoms with Crippen molar-refractivity contribution in [1.29, 1.82) is 0 Å². The van der Waals surface area contributed by atoms with Crippen LogP contribution in [-0.2, 0) is 4.79 Å². The van der Waals surface area contributed by atoms with Gasteiger partial charge in [-0.25, -0.2) is 0 Å². The van der Waals surface area contributed by atoms with E-state index in [9.17, 15) is 4.79 Å². The molecule has 1 aromatic rings. The molecule has 112 valence electrons. The molecule has 1 amide bonds. The fourth-order valence-corrected chi connectivity index (χ4v) is 2.55. The fourth-order valence-electron chi connectivity index (χ4n) is 1.66. The van der Waals surface area contributed by atoms with Gasteiger partial charge in [-0.05, 0) is 58.3 Å². The van der Waals surface area contributed by atoms with Crippen LogP contribution in [-0.4, -0.2) is 50.4 Å². The Morgan fingerprint density at radius 3 is 2.55 bits per heavy atom. The number of thioether (sulfide) groups is 1. The number of nitrogens with one attached hydrogen (secondary N) is 1. The summed E-state index contributed by atoms with van der Waals surface area (Å²) in [7, 11) is 5.71. The van der Waals surface area contributed by atoms with Gasteiger partial charge in [-0.3, -0.25) is 4.79 Å². The molecule has 0 aliphatic heterocycles. The van der Waals surface area contributed by atoms with Gasteiger partial charge in [0.2, 0.25) is 5.91 Å². The summed E-state index contributed by atoms with van der Waals surface area (Å²) in [6.07, 6.45) is 0.971. The van der Waals surface area contributed by atoms with Gasteiger partial charge in [0.15, 0.2) is 0 Å². The van der Waals surface area contributed by atoms with Gasteiger partial charge in [-0.1, -0.05) is 0 Å². The molecule has 1 N–H and O–H groups in total. The number of benzene rings is 1. The topological polar surface area (TPSA) is 41.6 Å². The summed E-state index contributed by atoms with van der Waals surface area (Å²) in [6.45, 7) is 3.64. The Morgan fingerprint density at radius 1 is 1.35 bits per heavy atom. The number of rotatable bonds is 8. The number of carbonyl (C=O) groups excluding carboxylic acids is 1. The van der Waals surface area contributed by atoms with Crippen molar-refractivity contribution >= 4 is 17.7 Å². The zero-order valence-corrected chi connectivity index (χ0v) is 13.5. The number of methoxy groups -OCH3 is 1. The Hall–Kier alpha value is -1.20. The molecule has 0 heterocycles. The van der Waals surface area contributed by atoms with Crippen LogP contribution >= 0.6 is 11.8 Å². The summed E-state index contributed by atoms with van der Waals surface area (Å²) in [5.41, 5.74) is 0. The number of ether oxygens (including phenoxy) is 1. The van der Waals surface area contributed by atoms with E-state index in [2.05, 4.69) is 10.2 Å². The van der Waals surface area contributed by atoms with Crippen molar-refractivity contribution in [2.45, 2.75) is 23.5 Å². The normalized spacial score (nSPS) is 12.2. The Balaban J connectivity index is 2.33. The lowest BCUT2D eigenvalue weighted by Gasteiger charge is -2.13. The summed E-state index contributed by atoms with van der Waals surface area (Å²) >= 11 is 1.56. The van der Waals surface area contributed by atoms with Crippen LogP contribution in [0.15, 0.2) is 29.2 Å². The van der Waals surface area contributed by atoms with Gasteiger partial charge in [0.05, 0.1) is 12.4 Å². The van der Waals surface area contributed by atoms with Gasteiger partial charge in [-0.2, -0.15) is 0 Å². The first-order valence-electron chi connectivity index (χ1n) is 6.76. The number of hydrogen-bond acceptors (Lipinski definition) is 4. The van der Waals surface area contributed by atoms with Crippen LogP contribution in [0.1, 0.15) is 13.3 Å². The molecule has 1 atom stereocenters. The van der Waals surface area contributed by atoms with Crippen LogP contribution in [0.2, 0.25) is 0 Å². The van der Waals surface area contributed by atoms with E-state index in [1.807, 2.05) is 45.3 Å². The van der Waals surface area contributed by atoms with Crippen LogP contribution in [0.5, 0.6) is 5.75 Å². The first-order chi connectivity index (χ1) is 9.52. The van der Waals surface area contributed by atoms with E-state index in [0.29, 0.717) is 0 Å². The average molecular weight is 296 g/mol. The highest BCUT2D eigenvalue weighted by Gasteiger charge is 2.13. The predicted octanol–water partition coefficient (Wildman–Crippen LogP) is 2.24. The summed E-state index contributed by atoms with van der Waals surface area (Å²) in [5, 5.41) is 2.87. The van der Waals surface area contributed by atoms with Gasteiger partial charge in [0, 0.05) is 11.4 Å². The summed E-state index contributed by atoms with van der Waals surface area (Å²) in [5.74, 6) is 0.916. The minimum absolute atomic E-state index is 0.0876.